The Morgan fingerprint density at radius 3 is 2.42 bits per heavy atom. The van der Waals surface area contributed by atoms with Crippen LogP contribution in [0.4, 0.5) is 8.78 Å². The summed E-state index contributed by atoms with van der Waals surface area (Å²) in [4.78, 5) is 13.9. The van der Waals surface area contributed by atoms with E-state index in [-0.39, 0.29) is 36.5 Å². The van der Waals surface area contributed by atoms with Crippen LogP contribution in [0.25, 0.3) is 0 Å². The first-order valence-electron chi connectivity index (χ1n) is 7.37. The highest BCUT2D eigenvalue weighted by Crippen LogP contribution is 2.14. The minimum absolute atomic E-state index is 0. The number of halogens is 4. The fourth-order valence-electron chi connectivity index (χ4n) is 2.31. The minimum atomic E-state index is -2.81. The van der Waals surface area contributed by atoms with Crippen molar-refractivity contribution in [2.75, 3.05) is 39.3 Å². The van der Waals surface area contributed by atoms with Crippen LogP contribution in [0.5, 0.6) is 5.75 Å². The molecular formula is C15H23Cl2F2N3O2. The average molecular weight is 386 g/mol. The number of carbonyl (C=O) groups excluding carboxylic acids is 1. The van der Waals surface area contributed by atoms with Crippen LogP contribution in [0.15, 0.2) is 24.3 Å². The third-order valence-corrected chi connectivity index (χ3v) is 3.46. The van der Waals surface area contributed by atoms with Crippen molar-refractivity contribution >= 4 is 30.7 Å². The van der Waals surface area contributed by atoms with Gasteiger partial charge in [0.25, 0.3) is 0 Å². The van der Waals surface area contributed by atoms with E-state index in [4.69, 9.17) is 0 Å². The Bertz CT molecular complexity index is 472. The fourth-order valence-corrected chi connectivity index (χ4v) is 2.31. The van der Waals surface area contributed by atoms with E-state index in [1.807, 2.05) is 0 Å². The molecule has 0 radical (unpaired) electrons. The van der Waals surface area contributed by atoms with E-state index >= 15 is 0 Å². The van der Waals surface area contributed by atoms with Gasteiger partial charge in [0.1, 0.15) is 5.75 Å². The maximum absolute atomic E-state index is 12.0. The lowest BCUT2D eigenvalue weighted by atomic mass is 10.1. The minimum Gasteiger partial charge on any atom is -0.435 e. The maximum Gasteiger partial charge on any atom is 0.387 e. The molecule has 138 valence electrons. The SMILES string of the molecule is Cl.Cl.O=C(CN1CCNCC1)NCCc1ccc(OC(F)F)cc1. The second-order valence-corrected chi connectivity index (χ2v) is 5.15. The first kappa shape index (κ1) is 22.9. The van der Waals surface area contributed by atoms with Crippen LogP contribution >= 0.6 is 24.8 Å². The lowest BCUT2D eigenvalue weighted by Crippen LogP contribution is -2.47. The van der Waals surface area contributed by atoms with Gasteiger partial charge >= 0.3 is 6.61 Å². The summed E-state index contributed by atoms with van der Waals surface area (Å²) in [6.45, 7) is 1.75. The lowest BCUT2D eigenvalue weighted by Gasteiger charge is -2.26. The second kappa shape index (κ2) is 12.2. The predicted molar refractivity (Wildman–Crippen MR) is 93.6 cm³/mol. The van der Waals surface area contributed by atoms with E-state index < -0.39 is 6.61 Å². The quantitative estimate of drug-likeness (QED) is 0.749. The maximum atomic E-state index is 12.0. The molecule has 1 fully saturated rings. The molecule has 9 heteroatoms. The van der Waals surface area contributed by atoms with Crippen LogP contribution < -0.4 is 15.4 Å². The van der Waals surface area contributed by atoms with Crippen molar-refractivity contribution in [1.29, 1.82) is 0 Å². The van der Waals surface area contributed by atoms with Gasteiger partial charge in [0.2, 0.25) is 5.91 Å². The van der Waals surface area contributed by atoms with Gasteiger partial charge in [-0.25, -0.2) is 0 Å². The van der Waals surface area contributed by atoms with Gasteiger partial charge in [0, 0.05) is 32.7 Å². The average Bonchev–Trinajstić information content (AvgIpc) is 2.49. The normalized spacial score (nSPS) is 14.5. The monoisotopic (exact) mass is 385 g/mol. The van der Waals surface area contributed by atoms with Crippen molar-refractivity contribution in [3.63, 3.8) is 0 Å². The molecule has 2 rings (SSSR count). The largest absolute Gasteiger partial charge is 0.435 e. The highest BCUT2D eigenvalue weighted by molar-refractivity contribution is 5.85. The smallest absolute Gasteiger partial charge is 0.387 e. The zero-order valence-electron chi connectivity index (χ0n) is 13.2. The van der Waals surface area contributed by atoms with Gasteiger partial charge < -0.3 is 15.4 Å². The van der Waals surface area contributed by atoms with Crippen molar-refractivity contribution in [2.45, 2.75) is 13.0 Å². The van der Waals surface area contributed by atoms with Crippen LogP contribution in [-0.2, 0) is 11.2 Å². The Balaban J connectivity index is 0.00000264. The number of rotatable bonds is 7. The number of piperazine rings is 1. The molecule has 0 aliphatic carbocycles. The molecule has 2 N–H and O–H groups in total. The van der Waals surface area contributed by atoms with Crippen LogP contribution in [0.1, 0.15) is 5.56 Å². The first-order valence-corrected chi connectivity index (χ1v) is 7.37. The molecule has 1 aromatic rings. The highest BCUT2D eigenvalue weighted by atomic mass is 35.5. The van der Waals surface area contributed by atoms with Crippen molar-refractivity contribution in [3.05, 3.63) is 29.8 Å². The number of carbonyl (C=O) groups is 1. The molecule has 1 aromatic carbocycles. The Kier molecular flexibility index (Phi) is 11.7. The summed E-state index contributed by atoms with van der Waals surface area (Å²) in [7, 11) is 0. The van der Waals surface area contributed by atoms with Crippen LogP contribution in [-0.4, -0.2) is 56.7 Å². The molecule has 1 amide bonds. The lowest BCUT2D eigenvalue weighted by molar-refractivity contribution is -0.122. The summed E-state index contributed by atoms with van der Waals surface area (Å²) in [6.07, 6.45) is 0.655. The van der Waals surface area contributed by atoms with Gasteiger partial charge in [-0.05, 0) is 24.1 Å². The highest BCUT2D eigenvalue weighted by Gasteiger charge is 2.12. The Morgan fingerprint density at radius 1 is 1.21 bits per heavy atom. The number of benzene rings is 1. The number of hydrogen-bond acceptors (Lipinski definition) is 4. The number of nitrogens with zero attached hydrogens (tertiary/aromatic N) is 1. The van der Waals surface area contributed by atoms with Gasteiger partial charge in [-0.3, -0.25) is 9.69 Å². The van der Waals surface area contributed by atoms with E-state index in [2.05, 4.69) is 20.3 Å². The van der Waals surface area contributed by atoms with E-state index in [0.717, 1.165) is 31.7 Å². The molecule has 24 heavy (non-hydrogen) atoms. The predicted octanol–water partition coefficient (Wildman–Crippen LogP) is 1.70. The zero-order valence-corrected chi connectivity index (χ0v) is 14.8. The van der Waals surface area contributed by atoms with Crippen molar-refractivity contribution in [3.8, 4) is 5.75 Å². The molecule has 0 bridgehead atoms. The van der Waals surface area contributed by atoms with Gasteiger partial charge in [-0.1, -0.05) is 12.1 Å². The van der Waals surface area contributed by atoms with Gasteiger partial charge in [-0.2, -0.15) is 8.78 Å². The molecule has 0 atom stereocenters. The van der Waals surface area contributed by atoms with Crippen LogP contribution in [0, 0.1) is 0 Å². The van der Waals surface area contributed by atoms with Crippen molar-refractivity contribution in [1.82, 2.24) is 15.5 Å². The Hall–Kier alpha value is -1.15. The Labute approximate surface area is 152 Å². The summed E-state index contributed by atoms with van der Waals surface area (Å²) in [5.74, 6) is 0.154. The van der Waals surface area contributed by atoms with Crippen LogP contribution in [0.3, 0.4) is 0 Å². The Morgan fingerprint density at radius 2 is 1.83 bits per heavy atom. The van der Waals surface area contributed by atoms with Gasteiger partial charge in [0.15, 0.2) is 0 Å². The zero-order chi connectivity index (χ0) is 15.8. The summed E-state index contributed by atoms with van der Waals surface area (Å²) in [5.41, 5.74) is 0.962. The van der Waals surface area contributed by atoms with Crippen molar-refractivity contribution < 1.29 is 18.3 Å². The summed E-state index contributed by atoms with van der Waals surface area (Å²) in [6, 6.07) is 6.45. The number of nitrogens with one attached hydrogen (secondary N) is 2. The second-order valence-electron chi connectivity index (χ2n) is 5.15. The van der Waals surface area contributed by atoms with Gasteiger partial charge in [-0.15, -0.1) is 24.8 Å². The van der Waals surface area contributed by atoms with E-state index in [1.165, 1.54) is 12.1 Å². The fraction of sp³-hybridized carbons (Fsp3) is 0.533. The number of hydrogen-bond donors (Lipinski definition) is 2. The topological polar surface area (TPSA) is 53.6 Å². The van der Waals surface area contributed by atoms with E-state index in [0.29, 0.717) is 19.5 Å². The van der Waals surface area contributed by atoms with E-state index in [1.54, 1.807) is 12.1 Å². The molecule has 0 spiro atoms. The molecule has 1 aliphatic rings. The molecular weight excluding hydrogens is 363 g/mol. The summed E-state index contributed by atoms with van der Waals surface area (Å²) in [5, 5.41) is 6.11. The van der Waals surface area contributed by atoms with Crippen LogP contribution in [0.2, 0.25) is 0 Å². The number of amides is 1. The van der Waals surface area contributed by atoms with E-state index in [9.17, 15) is 13.6 Å². The molecule has 1 aliphatic heterocycles. The molecule has 0 saturated carbocycles. The molecule has 1 heterocycles. The first-order chi connectivity index (χ1) is 10.6. The van der Waals surface area contributed by atoms with Crippen molar-refractivity contribution in [2.24, 2.45) is 0 Å². The summed E-state index contributed by atoms with van der Waals surface area (Å²) >= 11 is 0. The third-order valence-electron chi connectivity index (χ3n) is 3.46. The van der Waals surface area contributed by atoms with Gasteiger partial charge in [0.05, 0.1) is 6.54 Å². The standard InChI is InChI=1S/C15H21F2N3O2.2ClH/c16-15(17)22-13-3-1-12(2-4-13)5-6-19-14(21)11-20-9-7-18-8-10-20;;/h1-4,15,18H,5-11H2,(H,19,21);2*1H. The number of alkyl halides is 2. The third kappa shape index (κ3) is 8.63. The summed E-state index contributed by atoms with van der Waals surface area (Å²) < 4.78 is 28.3. The molecule has 5 nitrogen and oxygen atoms in total. The molecule has 1 saturated heterocycles. The molecule has 0 unspecified atom stereocenters. The molecule has 0 aromatic heterocycles. The number of ether oxygens (including phenoxy) is 1.